The smallest absolute Gasteiger partial charge is 0.260 e. The number of fused-ring (bicyclic) bond motifs is 1. The number of pyridine rings is 1. The fourth-order valence-electron chi connectivity index (χ4n) is 4.24. The van der Waals surface area contributed by atoms with Gasteiger partial charge in [-0.3, -0.25) is 14.7 Å². The molecular weight excluding hydrogens is 504 g/mol. The lowest BCUT2D eigenvalue weighted by atomic mass is 10.0. The summed E-state index contributed by atoms with van der Waals surface area (Å²) in [7, 11) is -0.180. The number of β-amino-alcohol motifs (C(OH)–C–C–N with tert-alkyl or cyclic N) is 1. The molecule has 1 aliphatic rings. The highest BCUT2D eigenvalue weighted by Gasteiger charge is 2.28. The van der Waals surface area contributed by atoms with E-state index in [9.17, 15) is 14.1 Å². The molecule has 0 spiro atoms. The van der Waals surface area contributed by atoms with E-state index in [1.54, 1.807) is 42.4 Å². The minimum atomic E-state index is -1.95. The van der Waals surface area contributed by atoms with Crippen LogP contribution in [0.2, 0.25) is 0 Å². The summed E-state index contributed by atoms with van der Waals surface area (Å²) >= 11 is 5.46. The summed E-state index contributed by atoms with van der Waals surface area (Å²) in [5, 5.41) is 10.6. The number of aliphatic hydroxyl groups is 1. The van der Waals surface area contributed by atoms with E-state index in [-0.39, 0.29) is 30.7 Å². The summed E-state index contributed by atoms with van der Waals surface area (Å²) in [4.78, 5) is 21.4. The number of aromatic nitrogens is 1. The Morgan fingerprint density at radius 3 is 2.81 bits per heavy atom. The van der Waals surface area contributed by atoms with Crippen molar-refractivity contribution < 1.29 is 23.0 Å². The normalized spacial score (nSPS) is 17.8. The van der Waals surface area contributed by atoms with Crippen molar-refractivity contribution in [3.8, 4) is 5.75 Å². The number of hydrogen-bond acceptors (Lipinski definition) is 9. The molecule has 2 heterocycles. The van der Waals surface area contributed by atoms with Gasteiger partial charge in [0.1, 0.15) is 11.8 Å². The van der Waals surface area contributed by atoms with Crippen molar-refractivity contribution in [2.45, 2.75) is 18.6 Å². The Bertz CT molecular complexity index is 1270. The first kappa shape index (κ1) is 26.3. The molecule has 1 aromatic heterocycles. The van der Waals surface area contributed by atoms with Crippen LogP contribution in [0.1, 0.15) is 18.0 Å². The molecule has 4 rings (SSSR count). The van der Waals surface area contributed by atoms with Gasteiger partial charge in [-0.05, 0) is 36.2 Å². The van der Waals surface area contributed by atoms with Gasteiger partial charge in [-0.25, -0.2) is 0 Å². The summed E-state index contributed by atoms with van der Waals surface area (Å²) < 4.78 is 26.6. The maximum atomic E-state index is 13.2. The number of aliphatic hydroxyl groups excluding tert-OH is 1. The zero-order valence-corrected chi connectivity index (χ0v) is 21.4. The molecule has 192 valence electrons. The minimum absolute atomic E-state index is 0.176. The molecule has 36 heavy (non-hydrogen) atoms. The van der Waals surface area contributed by atoms with E-state index in [1.807, 2.05) is 30.3 Å². The number of alkyl halides is 1. The van der Waals surface area contributed by atoms with Gasteiger partial charge < -0.3 is 27.5 Å². The Kier molecular flexibility index (Phi) is 9.11. The molecule has 1 saturated heterocycles. The van der Waals surface area contributed by atoms with Crippen LogP contribution in [-0.4, -0.2) is 71.3 Å². The average Bonchev–Trinajstić information content (AvgIpc) is 3.31. The van der Waals surface area contributed by atoms with Crippen molar-refractivity contribution in [3.05, 3.63) is 66.4 Å². The van der Waals surface area contributed by atoms with Crippen LogP contribution in [0.3, 0.4) is 0 Å². The Hall–Kier alpha value is -2.76. The van der Waals surface area contributed by atoms with Gasteiger partial charge in [0.05, 0.1) is 23.3 Å². The first-order valence-corrected chi connectivity index (χ1v) is 13.1. The predicted molar refractivity (Wildman–Crippen MR) is 138 cm³/mol. The monoisotopic (exact) mass is 531 g/mol. The van der Waals surface area contributed by atoms with Crippen LogP contribution >= 0.6 is 11.6 Å². The number of likely N-dealkylation sites (tertiary alicyclic amines) is 1. The highest BCUT2D eigenvalue weighted by atomic mass is 35.5. The van der Waals surface area contributed by atoms with Gasteiger partial charge in [0.15, 0.2) is 6.61 Å². The predicted octanol–water partition coefficient (Wildman–Crippen LogP) is 3.79. The Labute approximate surface area is 217 Å². The molecule has 9 nitrogen and oxygen atoms in total. The second-order valence-corrected chi connectivity index (χ2v) is 9.51. The Morgan fingerprint density at radius 1 is 1.28 bits per heavy atom. The zero-order valence-electron chi connectivity index (χ0n) is 19.8. The first-order valence-electron chi connectivity index (χ1n) is 11.5. The van der Waals surface area contributed by atoms with Gasteiger partial charge in [-0.2, -0.15) is 0 Å². The van der Waals surface area contributed by atoms with E-state index in [1.165, 1.54) is 0 Å². The number of carbonyl (C=O) groups excluding carboxylic acids is 1. The van der Waals surface area contributed by atoms with E-state index in [0.29, 0.717) is 35.4 Å². The fraction of sp³-hybridized carbons (Fsp3) is 0.360. The molecule has 2 atom stereocenters. The van der Waals surface area contributed by atoms with Crippen LogP contribution in [0, 0.1) is 0 Å². The molecule has 1 N–H and O–H groups in total. The highest BCUT2D eigenvalue weighted by molar-refractivity contribution is 7.69. The van der Waals surface area contributed by atoms with Crippen molar-refractivity contribution in [1.29, 1.82) is 0 Å². The summed E-state index contributed by atoms with van der Waals surface area (Å²) in [6.45, 7) is 1.83. The highest BCUT2D eigenvalue weighted by Crippen LogP contribution is 2.32. The minimum Gasteiger partial charge on any atom is -0.483 e. The van der Waals surface area contributed by atoms with Crippen LogP contribution in [0.25, 0.3) is 10.9 Å². The third-order valence-corrected chi connectivity index (χ3v) is 7.01. The molecule has 11 heteroatoms. The molecule has 0 bridgehead atoms. The van der Waals surface area contributed by atoms with E-state index in [0.717, 1.165) is 18.5 Å². The molecule has 1 amide bonds. The SMILES string of the molecule is CN(C(=O)COc1ccc(N=[S-](=O)OCCl)c2ncccc12)C(CN1CC[C@H](O)C1)c1ccccc1. The third-order valence-electron chi connectivity index (χ3n) is 6.10. The van der Waals surface area contributed by atoms with Crippen LogP contribution in [0.4, 0.5) is 5.69 Å². The van der Waals surface area contributed by atoms with Crippen molar-refractivity contribution in [2.24, 2.45) is 4.36 Å². The molecule has 2 aromatic carbocycles. The zero-order chi connectivity index (χ0) is 25.5. The van der Waals surface area contributed by atoms with Crippen molar-refractivity contribution in [2.75, 3.05) is 39.4 Å². The molecule has 1 aliphatic heterocycles. The molecule has 1 fully saturated rings. The lowest BCUT2D eigenvalue weighted by molar-refractivity contribution is -0.134. The van der Waals surface area contributed by atoms with E-state index >= 15 is 0 Å². The van der Waals surface area contributed by atoms with Crippen molar-refractivity contribution >= 4 is 45.0 Å². The lowest BCUT2D eigenvalue weighted by Crippen LogP contribution is -2.40. The van der Waals surface area contributed by atoms with Gasteiger partial charge in [0.2, 0.25) is 0 Å². The van der Waals surface area contributed by atoms with Gasteiger partial charge >= 0.3 is 0 Å². The second-order valence-electron chi connectivity index (χ2n) is 8.44. The van der Waals surface area contributed by atoms with E-state index in [2.05, 4.69) is 14.2 Å². The fourth-order valence-corrected chi connectivity index (χ4v) is 4.91. The molecule has 0 aliphatic carbocycles. The summed E-state index contributed by atoms with van der Waals surface area (Å²) in [6.07, 6.45) is 1.99. The Morgan fingerprint density at radius 2 is 2.08 bits per heavy atom. The first-order chi connectivity index (χ1) is 17.5. The summed E-state index contributed by atoms with van der Waals surface area (Å²) in [5.41, 5.74) is 1.85. The lowest BCUT2D eigenvalue weighted by Gasteiger charge is -2.32. The van der Waals surface area contributed by atoms with Gasteiger partial charge in [-0.15, -0.1) is 0 Å². The largest absolute Gasteiger partial charge is 0.483 e. The number of halogens is 1. The van der Waals surface area contributed by atoms with Crippen LogP contribution in [0.15, 0.2) is 65.2 Å². The van der Waals surface area contributed by atoms with E-state index in [4.69, 9.17) is 20.5 Å². The van der Waals surface area contributed by atoms with Crippen molar-refractivity contribution in [3.63, 3.8) is 0 Å². The topological polar surface area (TPSA) is 105 Å². The number of likely N-dealkylation sites (N-methyl/N-ethyl adjacent to an activating group) is 1. The van der Waals surface area contributed by atoms with Crippen molar-refractivity contribution in [1.82, 2.24) is 14.8 Å². The van der Waals surface area contributed by atoms with Gasteiger partial charge in [0, 0.05) is 38.3 Å². The Balaban J connectivity index is 1.51. The van der Waals surface area contributed by atoms with Crippen LogP contribution < -0.4 is 4.74 Å². The molecule has 1 unspecified atom stereocenters. The number of carbonyl (C=O) groups is 1. The average molecular weight is 532 g/mol. The summed E-state index contributed by atoms with van der Waals surface area (Å²) in [6, 6.07) is 16.2. The molecular formula is C25H28ClN4O5S-. The summed E-state index contributed by atoms with van der Waals surface area (Å²) in [5.74, 6) is 0.271. The number of amides is 1. The number of ether oxygens (including phenoxy) is 1. The maximum Gasteiger partial charge on any atom is 0.260 e. The van der Waals surface area contributed by atoms with Gasteiger partial charge in [0.25, 0.3) is 5.91 Å². The molecule has 0 saturated carbocycles. The van der Waals surface area contributed by atoms with Crippen LogP contribution in [-0.2, 0) is 24.1 Å². The van der Waals surface area contributed by atoms with E-state index < -0.39 is 10.9 Å². The number of nitrogens with zero attached hydrogens (tertiary/aromatic N) is 4. The molecule has 3 aromatic rings. The number of hydrogen-bond donors (Lipinski definition) is 1. The third kappa shape index (κ3) is 6.51. The second kappa shape index (κ2) is 12.5. The molecule has 0 radical (unpaired) electrons. The number of benzene rings is 2. The quantitative estimate of drug-likeness (QED) is 0.313. The standard InChI is InChI=1S/C25H28ClN4O5S/c1-29(22(18-6-3-2-4-7-18)15-30-13-11-19(31)14-30)24(32)16-34-23-10-9-21(28-36(33)35-17-26)25-20(23)8-5-12-27-25/h2-10,12,19,22,31H,11,13-17H2,1H3/q-1/t19-,22?/m0/s1. The van der Waals surface area contributed by atoms with Crippen LogP contribution in [0.5, 0.6) is 5.75 Å². The number of rotatable bonds is 10. The maximum absolute atomic E-state index is 13.2. The van der Waals surface area contributed by atoms with Gasteiger partial charge in [-0.1, -0.05) is 52.8 Å².